The van der Waals surface area contributed by atoms with E-state index in [1.807, 2.05) is 65.2 Å². The van der Waals surface area contributed by atoms with Gasteiger partial charge in [0.05, 0.1) is 18.3 Å². The van der Waals surface area contributed by atoms with Crippen molar-refractivity contribution in [2.45, 2.75) is 52.1 Å². The molecule has 0 saturated carbocycles. The Balaban J connectivity index is 1.36. The predicted octanol–water partition coefficient (Wildman–Crippen LogP) is 7.44. The van der Waals surface area contributed by atoms with Gasteiger partial charge < -0.3 is 23.8 Å². The molecule has 3 heterocycles. The number of carbonyl (C=O) groups excluding carboxylic acids is 2. The van der Waals surface area contributed by atoms with Gasteiger partial charge in [0.25, 0.3) is 0 Å². The highest BCUT2D eigenvalue weighted by Crippen LogP contribution is 2.39. The van der Waals surface area contributed by atoms with Crippen LogP contribution in [-0.4, -0.2) is 70.4 Å². The number of imidazole rings is 1. The fourth-order valence-corrected chi connectivity index (χ4v) is 6.92. The fraction of sp³-hybridized carbons (Fsp3) is 0.410. The van der Waals surface area contributed by atoms with Crippen molar-refractivity contribution in [3.05, 3.63) is 114 Å². The van der Waals surface area contributed by atoms with E-state index in [1.54, 1.807) is 24.9 Å². The van der Waals surface area contributed by atoms with E-state index in [0.29, 0.717) is 38.4 Å². The Labute approximate surface area is 290 Å². The molecule has 3 aromatic carbocycles. The molecule has 2 saturated heterocycles. The summed E-state index contributed by atoms with van der Waals surface area (Å²) < 4.78 is 58.5. The molecule has 11 heteroatoms. The molecule has 2 amide bonds. The summed E-state index contributed by atoms with van der Waals surface area (Å²) in [6, 6.07) is 21.6. The monoisotopic (exact) mass is 688 g/mol. The molecule has 1 unspecified atom stereocenters. The van der Waals surface area contributed by atoms with Crippen LogP contribution >= 0.6 is 0 Å². The van der Waals surface area contributed by atoms with E-state index in [9.17, 15) is 14.0 Å². The summed E-state index contributed by atoms with van der Waals surface area (Å²) in [6.45, 7) is 4.96. The summed E-state index contributed by atoms with van der Waals surface area (Å²) in [6.07, 6.45) is 0.939. The molecule has 2 aliphatic heterocycles. The maximum Gasteiger partial charge on any atom is 0.410 e. The molecule has 0 N–H and O–H groups in total. The molecular formula is C39H43F3N4O4. The van der Waals surface area contributed by atoms with Crippen LogP contribution in [0.5, 0.6) is 0 Å². The molecule has 2 fully saturated rings. The van der Waals surface area contributed by atoms with E-state index in [2.05, 4.69) is 0 Å². The average molecular weight is 689 g/mol. The highest BCUT2D eigenvalue weighted by Gasteiger charge is 2.43. The number of benzene rings is 3. The lowest BCUT2D eigenvalue weighted by Gasteiger charge is -2.40. The predicted molar refractivity (Wildman–Crippen MR) is 183 cm³/mol. The second kappa shape index (κ2) is 15.9. The number of halogens is 3. The Morgan fingerprint density at radius 2 is 1.64 bits per heavy atom. The molecule has 0 radical (unpaired) electrons. The van der Waals surface area contributed by atoms with E-state index in [0.717, 1.165) is 29.3 Å². The number of aromatic nitrogens is 2. The van der Waals surface area contributed by atoms with Crippen LogP contribution in [0.1, 0.15) is 49.7 Å². The molecule has 0 aliphatic carbocycles. The lowest BCUT2D eigenvalue weighted by atomic mass is 9.88. The van der Waals surface area contributed by atoms with Gasteiger partial charge in [-0.2, -0.15) is 0 Å². The molecule has 2 aliphatic rings. The smallest absolute Gasteiger partial charge is 0.410 e. The number of amides is 2. The molecule has 8 nitrogen and oxygen atoms in total. The summed E-state index contributed by atoms with van der Waals surface area (Å²) >= 11 is 0. The number of rotatable bonds is 11. The van der Waals surface area contributed by atoms with E-state index in [4.69, 9.17) is 14.5 Å². The SMILES string of the molecule is CC(C)C(=O)N(CC1CN(C(=O)OCc2ccccc2)C[C@@H]1F)[C@@H](c1nc(-c2cc(F)ccc2F)cn1Cc1ccccc1)C1CCOCC1. The Morgan fingerprint density at radius 1 is 0.960 bits per heavy atom. The maximum atomic E-state index is 15.9. The number of alkyl halides is 1. The van der Waals surface area contributed by atoms with Crippen molar-refractivity contribution in [2.75, 3.05) is 32.8 Å². The number of hydrogen-bond donors (Lipinski definition) is 0. The lowest BCUT2D eigenvalue weighted by Crippen LogP contribution is -2.47. The summed E-state index contributed by atoms with van der Waals surface area (Å²) in [4.78, 5) is 35.3. The third-order valence-electron chi connectivity index (χ3n) is 9.55. The van der Waals surface area contributed by atoms with Crippen LogP contribution in [0.3, 0.4) is 0 Å². The van der Waals surface area contributed by atoms with Gasteiger partial charge in [-0.25, -0.2) is 22.9 Å². The van der Waals surface area contributed by atoms with Gasteiger partial charge in [0.1, 0.15) is 30.2 Å². The van der Waals surface area contributed by atoms with E-state index in [-0.39, 0.29) is 49.3 Å². The molecule has 264 valence electrons. The number of likely N-dealkylation sites (tertiary alicyclic amines) is 1. The standard InChI is InChI=1S/C39H43F3N4O4/c1-26(2)38(47)46(22-30-21-45(23-34(30)42)39(48)50-25-28-11-7-4-8-12-28)36(29-15-17-49-18-16-29)37-43-35(32-19-31(40)13-14-33(32)41)24-44(37)20-27-9-5-3-6-10-27/h3-14,19,24,26,29-30,34,36H,15-18,20-23,25H2,1-2H3/t30?,34-,36+/m0/s1. The van der Waals surface area contributed by atoms with Crippen molar-refractivity contribution < 1.29 is 32.2 Å². The molecule has 4 aromatic rings. The first kappa shape index (κ1) is 35.2. The van der Waals surface area contributed by atoms with Crippen LogP contribution in [0.15, 0.2) is 85.1 Å². The third kappa shape index (κ3) is 8.21. The van der Waals surface area contributed by atoms with Crippen molar-refractivity contribution in [1.82, 2.24) is 19.4 Å². The van der Waals surface area contributed by atoms with Crippen LogP contribution in [0.25, 0.3) is 11.3 Å². The van der Waals surface area contributed by atoms with Gasteiger partial charge in [-0.05, 0) is 48.1 Å². The first-order valence-electron chi connectivity index (χ1n) is 17.2. The van der Waals surface area contributed by atoms with E-state index in [1.165, 1.54) is 4.90 Å². The number of ether oxygens (including phenoxy) is 2. The zero-order valence-corrected chi connectivity index (χ0v) is 28.4. The average Bonchev–Trinajstić information content (AvgIpc) is 3.71. The zero-order chi connectivity index (χ0) is 35.2. The van der Waals surface area contributed by atoms with Gasteiger partial charge in [-0.15, -0.1) is 0 Å². The van der Waals surface area contributed by atoms with Crippen LogP contribution in [0.2, 0.25) is 0 Å². The fourth-order valence-electron chi connectivity index (χ4n) is 6.92. The highest BCUT2D eigenvalue weighted by molar-refractivity contribution is 5.78. The van der Waals surface area contributed by atoms with Crippen molar-refractivity contribution in [1.29, 1.82) is 0 Å². The summed E-state index contributed by atoms with van der Waals surface area (Å²) in [5.74, 6) is -2.12. The maximum absolute atomic E-state index is 15.9. The topological polar surface area (TPSA) is 76.9 Å². The second-order valence-corrected chi connectivity index (χ2v) is 13.5. The van der Waals surface area contributed by atoms with Gasteiger partial charge in [-0.3, -0.25) is 4.79 Å². The summed E-state index contributed by atoms with van der Waals surface area (Å²) in [7, 11) is 0. The Morgan fingerprint density at radius 3 is 2.32 bits per heavy atom. The molecule has 3 atom stereocenters. The van der Waals surface area contributed by atoms with Crippen molar-refractivity contribution >= 4 is 12.0 Å². The molecule has 50 heavy (non-hydrogen) atoms. The second-order valence-electron chi connectivity index (χ2n) is 13.5. The number of carbonyl (C=O) groups is 2. The van der Waals surface area contributed by atoms with Crippen LogP contribution < -0.4 is 0 Å². The minimum absolute atomic E-state index is 0.00907. The van der Waals surface area contributed by atoms with Crippen molar-refractivity contribution in [3.63, 3.8) is 0 Å². The third-order valence-corrected chi connectivity index (χ3v) is 9.55. The first-order valence-corrected chi connectivity index (χ1v) is 17.2. The van der Waals surface area contributed by atoms with Gasteiger partial charge in [0, 0.05) is 56.4 Å². The number of hydrogen-bond acceptors (Lipinski definition) is 5. The van der Waals surface area contributed by atoms with Gasteiger partial charge in [-0.1, -0.05) is 74.5 Å². The van der Waals surface area contributed by atoms with E-state index >= 15 is 8.78 Å². The molecular weight excluding hydrogens is 645 g/mol. The Kier molecular flexibility index (Phi) is 11.2. The normalized spacial score (nSPS) is 18.7. The Bertz CT molecular complexity index is 1750. The van der Waals surface area contributed by atoms with Gasteiger partial charge in [0.15, 0.2) is 0 Å². The Hall–Kier alpha value is -4.64. The molecule has 0 spiro atoms. The van der Waals surface area contributed by atoms with E-state index < -0.39 is 41.8 Å². The van der Waals surface area contributed by atoms with Crippen LogP contribution in [0, 0.1) is 29.4 Å². The van der Waals surface area contributed by atoms with Crippen molar-refractivity contribution in [2.24, 2.45) is 17.8 Å². The number of nitrogens with zero attached hydrogens (tertiary/aromatic N) is 4. The van der Waals surface area contributed by atoms with Gasteiger partial charge >= 0.3 is 6.09 Å². The largest absolute Gasteiger partial charge is 0.445 e. The van der Waals surface area contributed by atoms with Crippen LogP contribution in [-0.2, 0) is 27.4 Å². The summed E-state index contributed by atoms with van der Waals surface area (Å²) in [5, 5.41) is 0. The molecule has 0 bridgehead atoms. The highest BCUT2D eigenvalue weighted by atomic mass is 19.1. The molecule has 1 aromatic heterocycles. The summed E-state index contributed by atoms with van der Waals surface area (Å²) in [5.41, 5.74) is 2.02. The van der Waals surface area contributed by atoms with Crippen molar-refractivity contribution in [3.8, 4) is 11.3 Å². The minimum atomic E-state index is -1.39. The zero-order valence-electron chi connectivity index (χ0n) is 28.4. The van der Waals surface area contributed by atoms with Crippen LogP contribution in [0.4, 0.5) is 18.0 Å². The first-order chi connectivity index (χ1) is 24.2. The van der Waals surface area contributed by atoms with Gasteiger partial charge in [0.2, 0.25) is 5.91 Å². The minimum Gasteiger partial charge on any atom is -0.445 e. The molecule has 6 rings (SSSR count). The lowest BCUT2D eigenvalue weighted by molar-refractivity contribution is -0.140. The quantitative estimate of drug-likeness (QED) is 0.164.